The number of nitrogens with one attached hydrogen (secondary N) is 1. The Morgan fingerprint density at radius 1 is 1.54 bits per heavy atom. The lowest BCUT2D eigenvalue weighted by molar-refractivity contribution is 0.0376. The van der Waals surface area contributed by atoms with E-state index in [1.54, 1.807) is 0 Å². The molecule has 0 aliphatic heterocycles. The van der Waals surface area contributed by atoms with Gasteiger partial charge in [0.1, 0.15) is 0 Å². The molecule has 0 aromatic heterocycles. The third kappa shape index (κ3) is 7.59. The van der Waals surface area contributed by atoms with Crippen molar-refractivity contribution >= 4 is 6.16 Å². The number of carboxylic acid groups (broad SMARTS) is 1. The van der Waals surface area contributed by atoms with E-state index in [2.05, 4.69) is 24.2 Å². The Bertz CT molecular complexity index is 139. The predicted octanol–water partition coefficient (Wildman–Crippen LogP) is 2.40. The predicted molar refractivity (Wildman–Crippen MR) is 50.4 cm³/mol. The average molecular weight is 189 g/mol. The molecule has 0 bridgehead atoms. The molecule has 0 saturated carbocycles. The fraction of sp³-hybridized carbons (Fsp3) is 0.889. The zero-order valence-corrected chi connectivity index (χ0v) is 8.38. The van der Waals surface area contributed by atoms with Crippen LogP contribution in [0.1, 0.15) is 39.5 Å². The fourth-order valence-electron chi connectivity index (χ4n) is 1.16. The summed E-state index contributed by atoms with van der Waals surface area (Å²) < 4.78 is 0. The molecule has 78 valence electrons. The van der Waals surface area contributed by atoms with E-state index in [9.17, 15) is 4.79 Å². The molecule has 0 aromatic carbocycles. The second-order valence-corrected chi connectivity index (χ2v) is 3.13. The van der Waals surface area contributed by atoms with Crippen LogP contribution in [0, 0.1) is 5.92 Å². The van der Waals surface area contributed by atoms with E-state index < -0.39 is 6.16 Å². The first kappa shape index (κ1) is 12.2. The van der Waals surface area contributed by atoms with Crippen molar-refractivity contribution in [1.82, 2.24) is 5.48 Å². The first-order valence-electron chi connectivity index (χ1n) is 4.83. The summed E-state index contributed by atoms with van der Waals surface area (Å²) >= 11 is 0. The van der Waals surface area contributed by atoms with Crippen molar-refractivity contribution in [3.05, 3.63) is 0 Å². The van der Waals surface area contributed by atoms with Gasteiger partial charge < -0.3 is 9.94 Å². The summed E-state index contributed by atoms with van der Waals surface area (Å²) in [7, 11) is 0. The minimum absolute atomic E-state index is 0.513. The van der Waals surface area contributed by atoms with Crippen molar-refractivity contribution in [2.75, 3.05) is 6.54 Å². The van der Waals surface area contributed by atoms with E-state index in [0.29, 0.717) is 12.5 Å². The highest BCUT2D eigenvalue weighted by Gasteiger charge is 2.06. The SMILES string of the molecule is CCCCC(CC)CNOC(=O)O. The molecule has 1 atom stereocenters. The van der Waals surface area contributed by atoms with Gasteiger partial charge in [-0.3, -0.25) is 0 Å². The first-order valence-corrected chi connectivity index (χ1v) is 4.83. The van der Waals surface area contributed by atoms with E-state index in [1.807, 2.05) is 0 Å². The monoisotopic (exact) mass is 189 g/mol. The number of unbranched alkanes of at least 4 members (excludes halogenated alkanes) is 1. The molecule has 0 radical (unpaired) electrons. The maximum Gasteiger partial charge on any atom is 0.525 e. The zero-order valence-electron chi connectivity index (χ0n) is 8.38. The Labute approximate surface area is 79.2 Å². The van der Waals surface area contributed by atoms with E-state index in [0.717, 1.165) is 12.8 Å². The maximum atomic E-state index is 10.00. The van der Waals surface area contributed by atoms with Crippen LogP contribution in [0.25, 0.3) is 0 Å². The number of hydroxylamine groups is 1. The quantitative estimate of drug-likeness (QED) is 0.604. The van der Waals surface area contributed by atoms with Gasteiger partial charge in [0, 0.05) is 6.54 Å². The third-order valence-corrected chi connectivity index (χ3v) is 2.07. The number of hydrogen-bond donors (Lipinski definition) is 2. The third-order valence-electron chi connectivity index (χ3n) is 2.07. The van der Waals surface area contributed by atoms with Crippen molar-refractivity contribution in [3.63, 3.8) is 0 Å². The molecule has 0 aromatic rings. The van der Waals surface area contributed by atoms with Crippen LogP contribution in [-0.2, 0) is 4.84 Å². The molecule has 0 amide bonds. The highest BCUT2D eigenvalue weighted by molar-refractivity contribution is 5.56. The van der Waals surface area contributed by atoms with Gasteiger partial charge in [-0.25, -0.2) is 4.79 Å². The Morgan fingerprint density at radius 2 is 2.23 bits per heavy atom. The summed E-state index contributed by atoms with van der Waals surface area (Å²) in [6.07, 6.45) is 3.27. The molecule has 0 aliphatic rings. The molecule has 0 fully saturated rings. The summed E-state index contributed by atoms with van der Waals surface area (Å²) in [6, 6.07) is 0. The number of rotatable bonds is 7. The summed E-state index contributed by atoms with van der Waals surface area (Å²) in [5.74, 6) is 0.513. The smallest absolute Gasteiger partial charge is 0.448 e. The van der Waals surface area contributed by atoms with Gasteiger partial charge in [-0.1, -0.05) is 33.1 Å². The molecule has 1 unspecified atom stereocenters. The Kier molecular flexibility index (Phi) is 7.39. The molecule has 0 saturated heterocycles. The summed E-state index contributed by atoms with van der Waals surface area (Å²) in [5, 5.41) is 8.19. The van der Waals surface area contributed by atoms with E-state index in [1.165, 1.54) is 12.8 Å². The lowest BCUT2D eigenvalue weighted by Gasteiger charge is -2.13. The largest absolute Gasteiger partial charge is 0.525 e. The van der Waals surface area contributed by atoms with E-state index >= 15 is 0 Å². The summed E-state index contributed by atoms with van der Waals surface area (Å²) in [5.41, 5.74) is 2.45. The minimum Gasteiger partial charge on any atom is -0.448 e. The lowest BCUT2D eigenvalue weighted by Crippen LogP contribution is -2.25. The van der Waals surface area contributed by atoms with Crippen LogP contribution in [0.2, 0.25) is 0 Å². The molecule has 0 spiro atoms. The lowest BCUT2D eigenvalue weighted by atomic mass is 10.00. The first-order chi connectivity index (χ1) is 6.20. The van der Waals surface area contributed by atoms with Crippen molar-refractivity contribution in [1.29, 1.82) is 0 Å². The van der Waals surface area contributed by atoms with Crippen LogP contribution in [-0.4, -0.2) is 17.8 Å². The van der Waals surface area contributed by atoms with Crippen molar-refractivity contribution in [2.24, 2.45) is 5.92 Å². The van der Waals surface area contributed by atoms with Crippen LogP contribution < -0.4 is 5.48 Å². The highest BCUT2D eigenvalue weighted by Crippen LogP contribution is 2.10. The topological polar surface area (TPSA) is 58.6 Å². The second kappa shape index (κ2) is 7.86. The van der Waals surface area contributed by atoms with Gasteiger partial charge in [0.05, 0.1) is 0 Å². The summed E-state index contributed by atoms with van der Waals surface area (Å²) in [6.45, 7) is 4.86. The van der Waals surface area contributed by atoms with Gasteiger partial charge in [0.15, 0.2) is 0 Å². The normalized spacial score (nSPS) is 12.5. The molecular formula is C9H19NO3. The Hall–Kier alpha value is -0.770. The number of carbonyl (C=O) groups is 1. The van der Waals surface area contributed by atoms with E-state index in [-0.39, 0.29) is 0 Å². The van der Waals surface area contributed by atoms with Crippen molar-refractivity contribution in [2.45, 2.75) is 39.5 Å². The Balaban J connectivity index is 3.41. The van der Waals surface area contributed by atoms with Crippen molar-refractivity contribution < 1.29 is 14.7 Å². The van der Waals surface area contributed by atoms with Crippen LogP contribution in [0.5, 0.6) is 0 Å². The van der Waals surface area contributed by atoms with Gasteiger partial charge >= 0.3 is 6.16 Å². The van der Waals surface area contributed by atoms with Gasteiger partial charge in [0.25, 0.3) is 0 Å². The van der Waals surface area contributed by atoms with Crippen LogP contribution in [0.3, 0.4) is 0 Å². The molecular weight excluding hydrogens is 170 g/mol. The zero-order chi connectivity index (χ0) is 10.1. The van der Waals surface area contributed by atoms with Crippen LogP contribution >= 0.6 is 0 Å². The molecule has 4 heteroatoms. The summed E-state index contributed by atoms with van der Waals surface area (Å²) in [4.78, 5) is 14.2. The molecule has 0 aliphatic carbocycles. The van der Waals surface area contributed by atoms with Gasteiger partial charge in [0.2, 0.25) is 0 Å². The molecule has 13 heavy (non-hydrogen) atoms. The van der Waals surface area contributed by atoms with Crippen LogP contribution in [0.15, 0.2) is 0 Å². The van der Waals surface area contributed by atoms with Gasteiger partial charge in [-0.2, -0.15) is 0 Å². The number of hydrogen-bond acceptors (Lipinski definition) is 3. The molecule has 2 N–H and O–H groups in total. The maximum absolute atomic E-state index is 10.00. The average Bonchev–Trinajstić information content (AvgIpc) is 2.10. The Morgan fingerprint density at radius 3 is 2.69 bits per heavy atom. The van der Waals surface area contributed by atoms with Crippen LogP contribution in [0.4, 0.5) is 4.79 Å². The minimum atomic E-state index is -1.27. The standard InChI is InChI=1S/C9H19NO3/c1-3-5-6-8(4-2)7-10-13-9(11)12/h8,10H,3-7H2,1-2H3,(H,11,12). The fourth-order valence-corrected chi connectivity index (χ4v) is 1.16. The molecule has 4 nitrogen and oxygen atoms in total. The van der Waals surface area contributed by atoms with Gasteiger partial charge in [-0.05, 0) is 12.3 Å². The molecule has 0 heterocycles. The van der Waals surface area contributed by atoms with Crippen molar-refractivity contribution in [3.8, 4) is 0 Å². The highest BCUT2D eigenvalue weighted by atomic mass is 16.8. The van der Waals surface area contributed by atoms with E-state index in [4.69, 9.17) is 5.11 Å². The molecule has 0 rings (SSSR count). The second-order valence-electron chi connectivity index (χ2n) is 3.13. The van der Waals surface area contributed by atoms with Gasteiger partial charge in [-0.15, -0.1) is 5.48 Å².